The van der Waals surface area contributed by atoms with E-state index >= 15 is 0 Å². The van der Waals surface area contributed by atoms with Gasteiger partial charge in [0.25, 0.3) is 5.91 Å². The number of hydrogen-bond acceptors (Lipinski definition) is 4. The molecule has 0 radical (unpaired) electrons. The van der Waals surface area contributed by atoms with Crippen molar-refractivity contribution in [2.45, 2.75) is 6.92 Å². The first-order valence-electron chi connectivity index (χ1n) is 6.71. The number of benzene rings is 1. The van der Waals surface area contributed by atoms with Gasteiger partial charge in [-0.2, -0.15) is 0 Å². The molecule has 2 N–H and O–H groups in total. The molecule has 22 heavy (non-hydrogen) atoms. The van der Waals surface area contributed by atoms with Crippen LogP contribution in [0.25, 0.3) is 10.9 Å². The Morgan fingerprint density at radius 2 is 2.18 bits per heavy atom. The van der Waals surface area contributed by atoms with Crippen LogP contribution in [0.4, 0.5) is 5.69 Å². The van der Waals surface area contributed by atoms with E-state index in [9.17, 15) is 9.59 Å². The zero-order chi connectivity index (χ0) is 15.5. The first-order chi connectivity index (χ1) is 10.6. The van der Waals surface area contributed by atoms with Gasteiger partial charge in [-0.3, -0.25) is 9.59 Å². The molecule has 0 saturated carbocycles. The smallest absolute Gasteiger partial charge is 0.262 e. The van der Waals surface area contributed by atoms with Crippen molar-refractivity contribution in [3.63, 3.8) is 0 Å². The van der Waals surface area contributed by atoms with Crippen molar-refractivity contribution in [2.75, 3.05) is 11.9 Å². The highest BCUT2D eigenvalue weighted by atomic mass is 16.5. The van der Waals surface area contributed by atoms with E-state index in [1.165, 1.54) is 12.3 Å². The van der Waals surface area contributed by atoms with Crippen LogP contribution in [0.1, 0.15) is 5.76 Å². The lowest BCUT2D eigenvalue weighted by molar-refractivity contribution is -0.118. The summed E-state index contributed by atoms with van der Waals surface area (Å²) in [5, 5.41) is 3.77. The van der Waals surface area contributed by atoms with Gasteiger partial charge in [-0.1, -0.05) is 6.07 Å². The summed E-state index contributed by atoms with van der Waals surface area (Å²) in [5.74, 6) is 0.146. The Morgan fingerprint density at radius 1 is 1.32 bits per heavy atom. The number of carbonyl (C=O) groups excluding carboxylic acids is 1. The van der Waals surface area contributed by atoms with Gasteiger partial charge >= 0.3 is 0 Å². The van der Waals surface area contributed by atoms with Gasteiger partial charge < -0.3 is 19.5 Å². The Labute approximate surface area is 125 Å². The molecule has 0 spiro atoms. The number of rotatable bonds is 4. The highest BCUT2D eigenvalue weighted by Gasteiger charge is 2.07. The number of fused-ring (bicyclic) bond motifs is 1. The molecule has 1 amide bonds. The Kier molecular flexibility index (Phi) is 3.65. The third-order valence-corrected chi connectivity index (χ3v) is 3.13. The maximum Gasteiger partial charge on any atom is 0.262 e. The molecule has 0 aliphatic rings. The molecule has 0 aliphatic carbocycles. The molecule has 0 fully saturated rings. The first kappa shape index (κ1) is 13.9. The first-order valence-corrected chi connectivity index (χ1v) is 6.71. The second kappa shape index (κ2) is 5.77. The summed E-state index contributed by atoms with van der Waals surface area (Å²) in [6.45, 7) is 1.39. The minimum atomic E-state index is -0.356. The molecule has 0 bridgehead atoms. The van der Waals surface area contributed by atoms with E-state index in [1.807, 2.05) is 24.4 Å². The Balaban J connectivity index is 1.63. The van der Waals surface area contributed by atoms with Crippen molar-refractivity contribution in [3.8, 4) is 5.75 Å². The van der Waals surface area contributed by atoms with Crippen LogP contribution < -0.4 is 15.5 Å². The van der Waals surface area contributed by atoms with Crippen molar-refractivity contribution in [3.05, 3.63) is 58.8 Å². The summed E-state index contributed by atoms with van der Waals surface area (Å²) in [7, 11) is 0. The van der Waals surface area contributed by atoms with Crippen LogP contribution in [0.5, 0.6) is 5.75 Å². The largest absolute Gasteiger partial charge is 0.477 e. The lowest BCUT2D eigenvalue weighted by Gasteiger charge is -2.07. The topological polar surface area (TPSA) is 84.3 Å². The SMILES string of the molecule is Cc1cc(=O)c(OCC(=O)Nc2ccc3cc[nH]c3c2)co1. The molecule has 3 rings (SSSR count). The third kappa shape index (κ3) is 3.01. The maximum atomic E-state index is 11.9. The quantitative estimate of drug-likeness (QED) is 0.775. The van der Waals surface area contributed by atoms with Crippen LogP contribution >= 0.6 is 0 Å². The second-order valence-electron chi connectivity index (χ2n) is 4.84. The van der Waals surface area contributed by atoms with Crippen LogP contribution in [-0.4, -0.2) is 17.5 Å². The van der Waals surface area contributed by atoms with Crippen molar-refractivity contribution in [2.24, 2.45) is 0 Å². The molecule has 0 aliphatic heterocycles. The zero-order valence-corrected chi connectivity index (χ0v) is 11.9. The fourth-order valence-electron chi connectivity index (χ4n) is 2.07. The summed E-state index contributed by atoms with van der Waals surface area (Å²) in [5.41, 5.74) is 1.27. The van der Waals surface area contributed by atoms with Gasteiger partial charge in [0.05, 0.1) is 0 Å². The molecule has 0 saturated heterocycles. The number of ether oxygens (including phenoxy) is 1. The standard InChI is InChI=1S/C16H14N2O4/c1-10-6-14(19)15(8-21-10)22-9-16(20)18-12-3-2-11-4-5-17-13(11)7-12/h2-8,17H,9H2,1H3,(H,18,20). The number of aromatic amines is 1. The summed E-state index contributed by atoms with van der Waals surface area (Å²) in [6, 6.07) is 8.78. The average Bonchev–Trinajstić information content (AvgIpc) is 2.94. The predicted molar refractivity (Wildman–Crippen MR) is 82.1 cm³/mol. The molecule has 6 nitrogen and oxygen atoms in total. The molecule has 2 aromatic heterocycles. The monoisotopic (exact) mass is 298 g/mol. The van der Waals surface area contributed by atoms with Gasteiger partial charge in [-0.25, -0.2) is 0 Å². The minimum absolute atomic E-state index is 0.0144. The van der Waals surface area contributed by atoms with E-state index in [0.717, 1.165) is 10.9 Å². The maximum absolute atomic E-state index is 11.9. The Bertz CT molecular complexity index is 879. The second-order valence-corrected chi connectivity index (χ2v) is 4.84. The van der Waals surface area contributed by atoms with Crippen LogP contribution in [0, 0.1) is 6.92 Å². The predicted octanol–water partition coefficient (Wildman–Crippen LogP) is 2.45. The molecule has 6 heteroatoms. The highest BCUT2D eigenvalue weighted by Crippen LogP contribution is 2.17. The normalized spacial score (nSPS) is 10.6. The van der Waals surface area contributed by atoms with Crippen LogP contribution in [0.15, 0.2) is 52.0 Å². The van der Waals surface area contributed by atoms with E-state index in [1.54, 1.807) is 13.0 Å². The number of amides is 1. The number of aromatic nitrogens is 1. The van der Waals surface area contributed by atoms with E-state index < -0.39 is 0 Å². The number of nitrogens with one attached hydrogen (secondary N) is 2. The highest BCUT2D eigenvalue weighted by molar-refractivity contribution is 5.94. The molecule has 1 aromatic carbocycles. The lowest BCUT2D eigenvalue weighted by Crippen LogP contribution is -2.22. The fourth-order valence-corrected chi connectivity index (χ4v) is 2.07. The number of anilines is 1. The van der Waals surface area contributed by atoms with E-state index in [2.05, 4.69) is 10.3 Å². The molecule has 112 valence electrons. The number of H-pyrrole nitrogens is 1. The summed E-state index contributed by atoms with van der Waals surface area (Å²) >= 11 is 0. The van der Waals surface area contributed by atoms with Crippen molar-refractivity contribution in [1.82, 2.24) is 4.98 Å². The van der Waals surface area contributed by atoms with Crippen LogP contribution in [-0.2, 0) is 4.79 Å². The van der Waals surface area contributed by atoms with Crippen molar-refractivity contribution < 1.29 is 13.9 Å². The molecular weight excluding hydrogens is 284 g/mol. The van der Waals surface area contributed by atoms with Crippen LogP contribution in [0.2, 0.25) is 0 Å². The van der Waals surface area contributed by atoms with Crippen molar-refractivity contribution in [1.29, 1.82) is 0 Å². The molecule has 2 heterocycles. The summed E-state index contributed by atoms with van der Waals surface area (Å²) < 4.78 is 10.2. The minimum Gasteiger partial charge on any atom is -0.477 e. The molecule has 3 aromatic rings. The van der Waals surface area contributed by atoms with Gasteiger partial charge in [0.15, 0.2) is 6.61 Å². The van der Waals surface area contributed by atoms with Crippen molar-refractivity contribution >= 4 is 22.5 Å². The number of carbonyl (C=O) groups is 1. The number of hydrogen-bond donors (Lipinski definition) is 2. The zero-order valence-electron chi connectivity index (χ0n) is 11.9. The number of aryl methyl sites for hydroxylation is 1. The van der Waals surface area contributed by atoms with Crippen LogP contribution in [0.3, 0.4) is 0 Å². The van der Waals surface area contributed by atoms with Gasteiger partial charge in [-0.05, 0) is 30.5 Å². The summed E-state index contributed by atoms with van der Waals surface area (Å²) in [4.78, 5) is 26.5. The Hall–Kier alpha value is -3.02. The third-order valence-electron chi connectivity index (χ3n) is 3.13. The van der Waals surface area contributed by atoms with Gasteiger partial charge in [0.1, 0.15) is 12.0 Å². The van der Waals surface area contributed by atoms with E-state index in [0.29, 0.717) is 11.4 Å². The lowest BCUT2D eigenvalue weighted by atomic mass is 10.2. The Morgan fingerprint density at radius 3 is 3.00 bits per heavy atom. The van der Waals surface area contributed by atoms with E-state index in [4.69, 9.17) is 9.15 Å². The fraction of sp³-hybridized carbons (Fsp3) is 0.125. The van der Waals surface area contributed by atoms with Gasteiger partial charge in [0, 0.05) is 23.5 Å². The van der Waals surface area contributed by atoms with Gasteiger partial charge in [-0.15, -0.1) is 0 Å². The molecule has 0 unspecified atom stereocenters. The average molecular weight is 298 g/mol. The summed E-state index contributed by atoms with van der Waals surface area (Å²) in [6.07, 6.45) is 3.03. The van der Waals surface area contributed by atoms with Gasteiger partial charge in [0.2, 0.25) is 11.2 Å². The molecule has 0 atom stereocenters. The van der Waals surface area contributed by atoms with E-state index in [-0.39, 0.29) is 23.7 Å². The molecular formula is C16H14N2O4.